The summed E-state index contributed by atoms with van der Waals surface area (Å²) >= 11 is 0. The van der Waals surface area contributed by atoms with Gasteiger partial charge in [-0.1, -0.05) is 0 Å². The van der Waals surface area contributed by atoms with E-state index >= 15 is 0 Å². The van der Waals surface area contributed by atoms with E-state index in [1.807, 2.05) is 0 Å². The maximum atomic E-state index is 9.34. The molecule has 0 heterocycles. The van der Waals surface area contributed by atoms with E-state index in [4.69, 9.17) is 24.9 Å². The third kappa shape index (κ3) is 142. The molecule has 0 aliphatic rings. The predicted octanol–water partition coefficient (Wildman–Crippen LogP) is -13.4. The number of hydrogen-bond acceptors (Lipinski definition) is 7. The van der Waals surface area contributed by atoms with Gasteiger partial charge in [-0.2, -0.15) is 0 Å². The van der Waals surface area contributed by atoms with E-state index in [0.29, 0.717) is 0 Å². The molecule has 1 unspecified atom stereocenters. The van der Waals surface area contributed by atoms with Crippen LogP contribution in [0.15, 0.2) is 0 Å². The van der Waals surface area contributed by atoms with Crippen molar-refractivity contribution in [2.75, 3.05) is 0 Å². The van der Waals surface area contributed by atoms with Crippen LogP contribution in [0.25, 0.3) is 0 Å². The van der Waals surface area contributed by atoms with Crippen molar-refractivity contribution in [3.63, 3.8) is 0 Å². The minimum Gasteiger partial charge on any atom is -0.550 e. The average Bonchev–Trinajstić information content (AvgIpc) is 1.83. The Morgan fingerprint density at radius 1 is 0.882 bits per heavy atom. The van der Waals surface area contributed by atoms with E-state index in [-0.39, 0.29) is 88.7 Å². The van der Waals surface area contributed by atoms with Crippen LogP contribution < -0.4 is 104 Å². The second-order valence-electron chi connectivity index (χ2n) is 1.98. The summed E-state index contributed by atoms with van der Waals surface area (Å²) in [5, 5.41) is 35.1. The van der Waals surface area contributed by atoms with Crippen molar-refractivity contribution in [3.8, 4) is 0 Å². The van der Waals surface area contributed by atoms with Crippen molar-refractivity contribution in [1.82, 2.24) is 0 Å². The summed E-state index contributed by atoms with van der Waals surface area (Å²) in [6, 6.07) is 0. The molecule has 0 radical (unpaired) electrons. The summed E-state index contributed by atoms with van der Waals surface area (Å²) in [5.41, 5.74) is 0. The smallest absolute Gasteiger partial charge is 0.550 e. The van der Waals surface area contributed by atoms with Gasteiger partial charge in [-0.05, 0) is 20.8 Å². The minimum absolute atomic E-state index is 0. The average molecular weight is 276 g/mol. The van der Waals surface area contributed by atoms with Gasteiger partial charge in [0, 0.05) is 11.9 Å². The first-order chi connectivity index (χ1) is 6.11. The Hall–Kier alpha value is 1.37. The molecular weight excluding hydrogens is 265 g/mol. The quantitative estimate of drug-likeness (QED) is 0.469. The Kier molecular flexibility index (Phi) is 55.5. The fourth-order valence-corrected chi connectivity index (χ4v) is 0. The van der Waals surface area contributed by atoms with Crippen LogP contribution in [-0.2, 0) is 14.4 Å². The van der Waals surface area contributed by atoms with Crippen molar-refractivity contribution in [3.05, 3.63) is 0 Å². The number of aliphatic hydroxyl groups excluding tert-OH is 1. The van der Waals surface area contributed by atoms with Crippen LogP contribution in [0.5, 0.6) is 0 Å². The van der Waals surface area contributed by atoms with E-state index in [9.17, 15) is 9.90 Å². The van der Waals surface area contributed by atoms with Gasteiger partial charge in [0.1, 0.15) is 0 Å². The SMILES string of the molecule is CC(=O)[O-].CC(=O)[O-].CC(O)C(=O)[O-].[Na+].[Na+].[Na+]. The molecule has 84 valence electrons. The molecule has 10 heteroatoms. The third-order valence-electron chi connectivity index (χ3n) is 0.341. The van der Waals surface area contributed by atoms with Crippen LogP contribution in [0.4, 0.5) is 0 Å². The van der Waals surface area contributed by atoms with E-state index in [1.165, 1.54) is 0 Å². The van der Waals surface area contributed by atoms with Crippen LogP contribution in [0.2, 0.25) is 0 Å². The first kappa shape index (κ1) is 36.2. The minimum atomic E-state index is -1.44. The van der Waals surface area contributed by atoms with Crippen LogP contribution in [0.3, 0.4) is 0 Å². The second kappa shape index (κ2) is 26.0. The van der Waals surface area contributed by atoms with Crippen molar-refractivity contribution in [2.45, 2.75) is 26.9 Å². The Morgan fingerprint density at radius 3 is 0.941 bits per heavy atom. The fraction of sp³-hybridized carbons (Fsp3) is 0.571. The summed E-state index contributed by atoms with van der Waals surface area (Å²) < 4.78 is 0. The Bertz CT molecular complexity index is 176. The number of carbonyl (C=O) groups excluding carboxylic acids is 3. The molecular formula is C7H11Na3O7. The van der Waals surface area contributed by atoms with Gasteiger partial charge in [0.05, 0.1) is 12.1 Å². The third-order valence-corrected chi connectivity index (χ3v) is 0.341. The van der Waals surface area contributed by atoms with Crippen molar-refractivity contribution >= 4 is 17.9 Å². The monoisotopic (exact) mass is 276 g/mol. The summed E-state index contributed by atoms with van der Waals surface area (Å²) in [5.74, 6) is -3.60. The summed E-state index contributed by atoms with van der Waals surface area (Å²) in [6.45, 7) is 3.08. The van der Waals surface area contributed by atoms with Crippen LogP contribution in [0.1, 0.15) is 20.8 Å². The summed E-state index contributed by atoms with van der Waals surface area (Å²) in [6.07, 6.45) is -1.34. The van der Waals surface area contributed by atoms with Gasteiger partial charge in [0.25, 0.3) is 0 Å². The van der Waals surface area contributed by atoms with E-state index in [1.54, 1.807) is 0 Å². The number of aliphatic hydroxyl groups is 1. The van der Waals surface area contributed by atoms with Crippen molar-refractivity contribution < 1.29 is 123 Å². The molecule has 7 nitrogen and oxygen atoms in total. The molecule has 0 aliphatic heterocycles. The van der Waals surface area contributed by atoms with Gasteiger partial charge >= 0.3 is 88.7 Å². The van der Waals surface area contributed by atoms with Crippen LogP contribution >= 0.6 is 0 Å². The Morgan fingerprint density at radius 2 is 0.941 bits per heavy atom. The zero-order valence-corrected chi connectivity index (χ0v) is 17.0. The van der Waals surface area contributed by atoms with Gasteiger partial charge in [-0.25, -0.2) is 0 Å². The van der Waals surface area contributed by atoms with E-state index in [2.05, 4.69) is 0 Å². The number of hydrogen-bond donors (Lipinski definition) is 1. The Labute approximate surface area is 166 Å². The molecule has 17 heavy (non-hydrogen) atoms. The van der Waals surface area contributed by atoms with Crippen LogP contribution in [-0.4, -0.2) is 29.1 Å². The normalized spacial score (nSPS) is 7.76. The van der Waals surface area contributed by atoms with Crippen molar-refractivity contribution in [1.29, 1.82) is 0 Å². The van der Waals surface area contributed by atoms with Gasteiger partial charge in [-0.15, -0.1) is 0 Å². The van der Waals surface area contributed by atoms with E-state index < -0.39 is 24.0 Å². The zero-order chi connectivity index (χ0) is 12.3. The predicted molar refractivity (Wildman–Crippen MR) is 38.0 cm³/mol. The summed E-state index contributed by atoms with van der Waals surface area (Å²) in [4.78, 5) is 27.1. The fourth-order valence-electron chi connectivity index (χ4n) is 0. The van der Waals surface area contributed by atoms with Gasteiger partial charge in [0.2, 0.25) is 0 Å². The van der Waals surface area contributed by atoms with Gasteiger partial charge in [-0.3, -0.25) is 0 Å². The van der Waals surface area contributed by atoms with Gasteiger partial charge < -0.3 is 34.8 Å². The Balaban J connectivity index is -0.0000000252. The molecule has 1 N–H and O–H groups in total. The molecule has 0 aromatic rings. The number of carbonyl (C=O) groups is 3. The molecule has 0 rings (SSSR count). The second-order valence-corrected chi connectivity index (χ2v) is 1.98. The van der Waals surface area contributed by atoms with E-state index in [0.717, 1.165) is 20.8 Å². The molecule has 0 aliphatic carbocycles. The zero-order valence-electron chi connectivity index (χ0n) is 11.0. The first-order valence-corrected chi connectivity index (χ1v) is 3.35. The molecule has 1 atom stereocenters. The molecule has 0 amide bonds. The van der Waals surface area contributed by atoms with Crippen LogP contribution in [0, 0.1) is 0 Å². The molecule has 0 saturated carbocycles. The molecule has 0 aromatic heterocycles. The standard InChI is InChI=1S/C3H6O3.2C2H4O2.3Na/c1-2(4)3(5)6;2*1-2(3)4;;;/h2,4H,1H3,(H,5,6);2*1H3,(H,3,4);;;/q;;;3*+1/p-3. The number of aliphatic carboxylic acids is 3. The molecule has 0 bridgehead atoms. The molecule has 0 spiro atoms. The molecule has 0 fully saturated rings. The molecule has 0 aromatic carbocycles. The van der Waals surface area contributed by atoms with Gasteiger partial charge in [0.15, 0.2) is 0 Å². The molecule has 0 saturated heterocycles. The van der Waals surface area contributed by atoms with Crippen molar-refractivity contribution in [2.24, 2.45) is 0 Å². The largest absolute Gasteiger partial charge is 1.00 e. The number of carboxylic acids is 3. The maximum Gasteiger partial charge on any atom is 1.00 e. The summed E-state index contributed by atoms with van der Waals surface area (Å²) in [7, 11) is 0. The number of carboxylic acid groups (broad SMARTS) is 3. The number of rotatable bonds is 1. The topological polar surface area (TPSA) is 141 Å². The first-order valence-electron chi connectivity index (χ1n) is 3.35. The maximum absolute atomic E-state index is 9.34.